The molecule has 1 aromatic rings. The molecule has 0 fully saturated rings. The molecule has 1 heterocycles. The molecule has 0 radical (unpaired) electrons. The molecule has 1 atom stereocenters. The summed E-state index contributed by atoms with van der Waals surface area (Å²) in [6.07, 6.45) is 6.32. The second-order valence-electron chi connectivity index (χ2n) is 3.13. The number of rotatable bonds is 2. The van der Waals surface area contributed by atoms with Crippen molar-refractivity contribution in [2.75, 3.05) is 6.16 Å². The molecule has 0 amide bonds. The quantitative estimate of drug-likeness (QED) is 0.604. The standard InChI is InChI=1S/C11H13P/c1-2-6-11(7-3-1)10-12-8-4-5-9-12/h1-4,6-8H,5,9-10H2. The molecule has 0 nitrogen and oxygen atoms in total. The van der Waals surface area contributed by atoms with Crippen LogP contribution in [0.4, 0.5) is 0 Å². The number of hydrogen-bond acceptors (Lipinski definition) is 0. The summed E-state index contributed by atoms with van der Waals surface area (Å²) in [6, 6.07) is 10.8. The Balaban J connectivity index is 1.99. The summed E-state index contributed by atoms with van der Waals surface area (Å²) in [5, 5.41) is 0. The van der Waals surface area contributed by atoms with Crippen LogP contribution in [0.1, 0.15) is 12.0 Å². The van der Waals surface area contributed by atoms with Crippen LogP contribution in [-0.2, 0) is 6.16 Å². The summed E-state index contributed by atoms with van der Waals surface area (Å²) >= 11 is 0. The molecule has 0 N–H and O–H groups in total. The van der Waals surface area contributed by atoms with Crippen molar-refractivity contribution in [1.82, 2.24) is 0 Å². The Bertz CT molecular complexity index is 264. The Morgan fingerprint density at radius 1 is 1.17 bits per heavy atom. The van der Waals surface area contributed by atoms with E-state index in [0.717, 1.165) is 0 Å². The van der Waals surface area contributed by atoms with Gasteiger partial charge in [-0.15, -0.1) is 0 Å². The van der Waals surface area contributed by atoms with E-state index in [1.54, 1.807) is 0 Å². The molecule has 1 unspecified atom stereocenters. The molecular formula is C11H13P. The number of hydrogen-bond donors (Lipinski definition) is 0. The van der Waals surface area contributed by atoms with Gasteiger partial charge in [0.05, 0.1) is 0 Å². The lowest BCUT2D eigenvalue weighted by atomic mass is 10.2. The monoisotopic (exact) mass is 176 g/mol. The molecule has 0 saturated heterocycles. The normalized spacial score (nSPS) is 21.5. The van der Waals surface area contributed by atoms with Gasteiger partial charge in [0.2, 0.25) is 0 Å². The maximum atomic E-state index is 2.42. The summed E-state index contributed by atoms with van der Waals surface area (Å²) in [4.78, 5) is 0. The van der Waals surface area contributed by atoms with Crippen LogP contribution in [0.25, 0.3) is 0 Å². The summed E-state index contributed by atoms with van der Waals surface area (Å²) in [6.45, 7) is 0. The molecule has 2 rings (SSSR count). The fourth-order valence-electron chi connectivity index (χ4n) is 1.49. The topological polar surface area (TPSA) is 0 Å². The molecule has 0 aromatic heterocycles. The maximum absolute atomic E-state index is 2.42. The van der Waals surface area contributed by atoms with Crippen molar-refractivity contribution >= 4 is 7.92 Å². The Hall–Kier alpha value is -0.610. The van der Waals surface area contributed by atoms with Crippen LogP contribution >= 0.6 is 7.92 Å². The zero-order chi connectivity index (χ0) is 8.23. The van der Waals surface area contributed by atoms with Crippen molar-refractivity contribution in [2.45, 2.75) is 12.6 Å². The van der Waals surface area contributed by atoms with Gasteiger partial charge in [-0.3, -0.25) is 0 Å². The molecule has 0 saturated carbocycles. The van der Waals surface area contributed by atoms with Crippen molar-refractivity contribution in [3.05, 3.63) is 47.8 Å². The predicted octanol–water partition coefficient (Wildman–Crippen LogP) is 3.59. The minimum Gasteiger partial charge on any atom is -0.0837 e. The Morgan fingerprint density at radius 3 is 2.67 bits per heavy atom. The molecule has 0 spiro atoms. The van der Waals surface area contributed by atoms with Gasteiger partial charge in [-0.1, -0.05) is 50.1 Å². The van der Waals surface area contributed by atoms with E-state index in [1.807, 2.05) is 0 Å². The smallest absolute Gasteiger partial charge is 0.00385 e. The zero-order valence-corrected chi connectivity index (χ0v) is 8.00. The number of allylic oxidation sites excluding steroid dienone is 1. The van der Waals surface area contributed by atoms with Crippen LogP contribution in [0.5, 0.6) is 0 Å². The van der Waals surface area contributed by atoms with Crippen LogP contribution in [0.2, 0.25) is 0 Å². The van der Waals surface area contributed by atoms with Crippen LogP contribution in [0, 0.1) is 0 Å². The molecule has 1 aliphatic rings. The van der Waals surface area contributed by atoms with Gasteiger partial charge in [0.15, 0.2) is 0 Å². The highest BCUT2D eigenvalue weighted by atomic mass is 31.1. The third-order valence-electron chi connectivity index (χ3n) is 2.13. The van der Waals surface area contributed by atoms with Crippen LogP contribution in [0.3, 0.4) is 0 Å². The Morgan fingerprint density at radius 2 is 2.00 bits per heavy atom. The lowest BCUT2D eigenvalue weighted by molar-refractivity contribution is 1.25. The molecule has 12 heavy (non-hydrogen) atoms. The highest BCUT2D eigenvalue weighted by molar-refractivity contribution is 7.60. The first-order valence-electron chi connectivity index (χ1n) is 4.40. The molecule has 0 bridgehead atoms. The molecule has 1 aliphatic heterocycles. The largest absolute Gasteiger partial charge is 0.0837 e. The first-order valence-corrected chi connectivity index (χ1v) is 6.18. The third-order valence-corrected chi connectivity index (χ3v) is 4.36. The van der Waals surface area contributed by atoms with Crippen LogP contribution in [-0.4, -0.2) is 6.16 Å². The highest BCUT2D eigenvalue weighted by Crippen LogP contribution is 2.45. The SMILES string of the molecule is C1=CP(Cc2ccccc2)CC1. The fraction of sp³-hybridized carbons (Fsp3) is 0.273. The summed E-state index contributed by atoms with van der Waals surface area (Å²) in [7, 11) is 0.198. The van der Waals surface area contributed by atoms with E-state index in [1.165, 1.54) is 24.3 Å². The van der Waals surface area contributed by atoms with Crippen molar-refractivity contribution in [3.63, 3.8) is 0 Å². The Labute approximate surface area is 75.1 Å². The average Bonchev–Trinajstić information content (AvgIpc) is 2.59. The molecule has 1 aromatic carbocycles. The van der Waals surface area contributed by atoms with Gasteiger partial charge in [0.25, 0.3) is 0 Å². The van der Waals surface area contributed by atoms with Crippen molar-refractivity contribution < 1.29 is 0 Å². The minimum atomic E-state index is 0.198. The second-order valence-corrected chi connectivity index (χ2v) is 5.37. The van der Waals surface area contributed by atoms with Gasteiger partial charge in [0, 0.05) is 0 Å². The van der Waals surface area contributed by atoms with Crippen molar-refractivity contribution in [3.8, 4) is 0 Å². The van der Waals surface area contributed by atoms with E-state index in [0.29, 0.717) is 0 Å². The van der Waals surface area contributed by atoms with E-state index in [4.69, 9.17) is 0 Å². The summed E-state index contributed by atoms with van der Waals surface area (Å²) in [5.74, 6) is 2.42. The van der Waals surface area contributed by atoms with Gasteiger partial charge < -0.3 is 0 Å². The highest BCUT2D eigenvalue weighted by Gasteiger charge is 2.07. The predicted molar refractivity (Wildman–Crippen MR) is 55.7 cm³/mol. The molecule has 1 heteroatoms. The van der Waals surface area contributed by atoms with Gasteiger partial charge in [0.1, 0.15) is 0 Å². The van der Waals surface area contributed by atoms with E-state index in [-0.39, 0.29) is 7.92 Å². The van der Waals surface area contributed by atoms with E-state index < -0.39 is 0 Å². The summed E-state index contributed by atoms with van der Waals surface area (Å²) < 4.78 is 0. The van der Waals surface area contributed by atoms with Crippen LogP contribution < -0.4 is 0 Å². The summed E-state index contributed by atoms with van der Waals surface area (Å²) in [5.41, 5.74) is 1.50. The van der Waals surface area contributed by atoms with Crippen LogP contribution in [0.15, 0.2) is 42.2 Å². The van der Waals surface area contributed by atoms with Gasteiger partial charge >= 0.3 is 0 Å². The van der Waals surface area contributed by atoms with E-state index >= 15 is 0 Å². The zero-order valence-electron chi connectivity index (χ0n) is 7.11. The van der Waals surface area contributed by atoms with Crippen molar-refractivity contribution in [1.29, 1.82) is 0 Å². The lowest BCUT2D eigenvalue weighted by Crippen LogP contribution is -1.81. The fourth-order valence-corrected chi connectivity index (χ4v) is 3.51. The van der Waals surface area contributed by atoms with Gasteiger partial charge in [-0.05, 0) is 24.3 Å². The molecule has 62 valence electrons. The third kappa shape index (κ3) is 1.95. The second kappa shape index (κ2) is 3.87. The number of benzene rings is 1. The molecule has 0 aliphatic carbocycles. The van der Waals surface area contributed by atoms with E-state index in [2.05, 4.69) is 42.2 Å². The van der Waals surface area contributed by atoms with Gasteiger partial charge in [-0.2, -0.15) is 0 Å². The maximum Gasteiger partial charge on any atom is -0.00385 e. The Kier molecular flexibility index (Phi) is 2.58. The first-order chi connectivity index (χ1) is 5.95. The lowest BCUT2D eigenvalue weighted by Gasteiger charge is -2.07. The average molecular weight is 176 g/mol. The molecular weight excluding hydrogens is 163 g/mol. The van der Waals surface area contributed by atoms with Gasteiger partial charge in [-0.25, -0.2) is 0 Å². The minimum absolute atomic E-state index is 0.198. The van der Waals surface area contributed by atoms with E-state index in [9.17, 15) is 0 Å². The van der Waals surface area contributed by atoms with Crippen molar-refractivity contribution in [2.24, 2.45) is 0 Å². The first kappa shape index (κ1) is 8.01.